The van der Waals surface area contributed by atoms with Crippen LogP contribution >= 0.6 is 11.8 Å². The number of aryl methyl sites for hydroxylation is 1. The molecule has 2 N–H and O–H groups in total. The number of carbonyl (C=O) groups is 1. The number of hydrogen-bond donors (Lipinski definition) is 2. The number of amides is 1. The number of carbonyl (C=O) groups excluding carboxylic acids is 1. The molecule has 174 valence electrons. The lowest BCUT2D eigenvalue weighted by molar-refractivity contribution is -0.115. The Bertz CT molecular complexity index is 1210. The molecule has 7 nitrogen and oxygen atoms in total. The van der Waals surface area contributed by atoms with Gasteiger partial charge in [0.15, 0.2) is 0 Å². The molecule has 1 atom stereocenters. The molecule has 0 aliphatic heterocycles. The van der Waals surface area contributed by atoms with Gasteiger partial charge in [0.05, 0.1) is 30.1 Å². The van der Waals surface area contributed by atoms with Crippen molar-refractivity contribution in [3.05, 3.63) is 72.3 Å². The Morgan fingerprint density at radius 2 is 1.61 bits per heavy atom. The van der Waals surface area contributed by atoms with Gasteiger partial charge in [-0.25, -0.2) is 8.42 Å². The summed E-state index contributed by atoms with van der Waals surface area (Å²) in [6.07, 6.45) is 0. The third-order valence-corrected chi connectivity index (χ3v) is 7.27. The van der Waals surface area contributed by atoms with Crippen LogP contribution in [0.2, 0.25) is 0 Å². The van der Waals surface area contributed by atoms with E-state index in [2.05, 4.69) is 10.0 Å². The predicted octanol–water partition coefficient (Wildman–Crippen LogP) is 4.93. The molecule has 0 unspecified atom stereocenters. The molecule has 1 amide bonds. The van der Waals surface area contributed by atoms with Crippen molar-refractivity contribution in [2.45, 2.75) is 28.9 Å². The van der Waals surface area contributed by atoms with Gasteiger partial charge in [0.1, 0.15) is 11.5 Å². The SMILES string of the molecule is COc1ccc(S[C@H](C)C(=O)Nc2ccc(S(=O)(=O)Nc3cc(C)ccc3OC)cc2)cc1. The number of nitrogens with one attached hydrogen (secondary N) is 2. The first-order valence-corrected chi connectivity index (χ1v) is 12.5. The maximum absolute atomic E-state index is 12.8. The minimum absolute atomic E-state index is 0.0738. The fourth-order valence-electron chi connectivity index (χ4n) is 2.98. The fraction of sp³-hybridized carbons (Fsp3) is 0.208. The highest BCUT2D eigenvalue weighted by Gasteiger charge is 2.18. The molecule has 0 heterocycles. The average molecular weight is 487 g/mol. The molecule has 0 aromatic heterocycles. The summed E-state index contributed by atoms with van der Waals surface area (Å²) in [6, 6.07) is 18.7. The zero-order valence-corrected chi connectivity index (χ0v) is 20.4. The van der Waals surface area contributed by atoms with Gasteiger partial charge in [-0.1, -0.05) is 6.07 Å². The minimum atomic E-state index is -3.83. The maximum atomic E-state index is 12.8. The van der Waals surface area contributed by atoms with Gasteiger partial charge in [-0.3, -0.25) is 9.52 Å². The molecular weight excluding hydrogens is 460 g/mol. The molecule has 0 saturated carbocycles. The molecule has 0 radical (unpaired) electrons. The van der Waals surface area contributed by atoms with Crippen molar-refractivity contribution in [3.63, 3.8) is 0 Å². The monoisotopic (exact) mass is 486 g/mol. The van der Waals surface area contributed by atoms with Crippen molar-refractivity contribution in [2.24, 2.45) is 0 Å². The molecule has 3 aromatic carbocycles. The summed E-state index contributed by atoms with van der Waals surface area (Å²) in [5.74, 6) is 0.993. The van der Waals surface area contributed by atoms with Gasteiger partial charge in [0, 0.05) is 10.6 Å². The minimum Gasteiger partial charge on any atom is -0.497 e. The van der Waals surface area contributed by atoms with Crippen LogP contribution < -0.4 is 19.5 Å². The van der Waals surface area contributed by atoms with E-state index >= 15 is 0 Å². The summed E-state index contributed by atoms with van der Waals surface area (Å²) in [5, 5.41) is 2.47. The number of thioether (sulfide) groups is 1. The standard InChI is InChI=1S/C24H26N2O5S2/c1-16-5-14-23(31-4)22(15-16)26-33(28,29)21-12-6-18(7-13-21)25-24(27)17(2)32-20-10-8-19(30-3)9-11-20/h5-15,17,26H,1-4H3,(H,25,27)/t17-/m1/s1. The largest absolute Gasteiger partial charge is 0.497 e. The molecule has 0 fully saturated rings. The number of methoxy groups -OCH3 is 2. The second-order valence-electron chi connectivity index (χ2n) is 7.26. The van der Waals surface area contributed by atoms with Gasteiger partial charge < -0.3 is 14.8 Å². The van der Waals surface area contributed by atoms with Gasteiger partial charge in [0.2, 0.25) is 5.91 Å². The highest BCUT2D eigenvalue weighted by molar-refractivity contribution is 8.00. The zero-order chi connectivity index (χ0) is 24.0. The molecule has 0 spiro atoms. The molecule has 0 bridgehead atoms. The molecule has 0 aliphatic carbocycles. The van der Waals surface area contributed by atoms with E-state index in [1.807, 2.05) is 44.2 Å². The Balaban J connectivity index is 1.65. The van der Waals surface area contributed by atoms with Crippen LogP contribution in [0.3, 0.4) is 0 Å². The van der Waals surface area contributed by atoms with E-state index in [0.717, 1.165) is 16.2 Å². The van der Waals surface area contributed by atoms with Crippen molar-refractivity contribution in [3.8, 4) is 11.5 Å². The van der Waals surface area contributed by atoms with Crippen molar-refractivity contribution in [1.82, 2.24) is 0 Å². The van der Waals surface area contributed by atoms with Crippen LogP contribution in [0.5, 0.6) is 11.5 Å². The highest BCUT2D eigenvalue weighted by atomic mass is 32.2. The van der Waals surface area contributed by atoms with Gasteiger partial charge in [0.25, 0.3) is 10.0 Å². The van der Waals surface area contributed by atoms with Crippen molar-refractivity contribution in [2.75, 3.05) is 24.3 Å². The van der Waals surface area contributed by atoms with E-state index in [0.29, 0.717) is 17.1 Å². The second-order valence-corrected chi connectivity index (χ2v) is 10.4. The van der Waals surface area contributed by atoms with Gasteiger partial charge >= 0.3 is 0 Å². The lowest BCUT2D eigenvalue weighted by Crippen LogP contribution is -2.22. The Morgan fingerprint density at radius 1 is 0.939 bits per heavy atom. The lowest BCUT2D eigenvalue weighted by Gasteiger charge is -2.14. The lowest BCUT2D eigenvalue weighted by atomic mass is 10.2. The molecule has 33 heavy (non-hydrogen) atoms. The van der Waals surface area contributed by atoms with Crippen molar-refractivity contribution >= 4 is 39.1 Å². The first-order chi connectivity index (χ1) is 15.7. The second kappa shape index (κ2) is 10.6. The molecular formula is C24H26N2O5S2. The predicted molar refractivity (Wildman–Crippen MR) is 132 cm³/mol. The topological polar surface area (TPSA) is 93.7 Å². The Hall–Kier alpha value is -3.17. The normalized spacial score (nSPS) is 12.0. The van der Waals surface area contributed by atoms with Gasteiger partial charge in [-0.15, -0.1) is 11.8 Å². The van der Waals surface area contributed by atoms with Gasteiger partial charge in [-0.2, -0.15) is 0 Å². The number of anilines is 2. The Labute approximate surface area is 198 Å². The third kappa shape index (κ3) is 6.43. The summed E-state index contributed by atoms with van der Waals surface area (Å²) in [7, 11) is -0.746. The van der Waals surface area contributed by atoms with Crippen LogP contribution in [0.4, 0.5) is 11.4 Å². The van der Waals surface area contributed by atoms with Crippen molar-refractivity contribution in [1.29, 1.82) is 0 Å². The van der Waals surface area contributed by atoms with Crippen molar-refractivity contribution < 1.29 is 22.7 Å². The summed E-state index contributed by atoms with van der Waals surface area (Å²) in [5.41, 5.74) is 1.77. The van der Waals surface area contributed by atoms with Gasteiger partial charge in [-0.05, 0) is 80.1 Å². The average Bonchev–Trinajstić information content (AvgIpc) is 2.80. The Morgan fingerprint density at radius 3 is 2.21 bits per heavy atom. The van der Waals surface area contributed by atoms with Crippen LogP contribution in [0.15, 0.2) is 76.5 Å². The smallest absolute Gasteiger partial charge is 0.262 e. The van der Waals surface area contributed by atoms with E-state index in [9.17, 15) is 13.2 Å². The van der Waals surface area contributed by atoms with E-state index < -0.39 is 10.0 Å². The Kier molecular flexibility index (Phi) is 7.88. The quantitative estimate of drug-likeness (QED) is 0.417. The van der Waals surface area contributed by atoms with E-state index in [1.165, 1.54) is 31.0 Å². The van der Waals surface area contributed by atoms with Crippen LogP contribution in [0, 0.1) is 6.92 Å². The number of hydrogen-bond acceptors (Lipinski definition) is 6. The number of ether oxygens (including phenoxy) is 2. The zero-order valence-electron chi connectivity index (χ0n) is 18.8. The first-order valence-electron chi connectivity index (χ1n) is 10.1. The third-order valence-electron chi connectivity index (χ3n) is 4.77. The molecule has 3 rings (SSSR count). The summed E-state index contributed by atoms with van der Waals surface area (Å²) >= 11 is 1.42. The fourth-order valence-corrected chi connectivity index (χ4v) is 4.91. The van der Waals surface area contributed by atoms with E-state index in [1.54, 1.807) is 31.4 Å². The van der Waals surface area contributed by atoms with E-state index in [4.69, 9.17) is 9.47 Å². The molecule has 3 aromatic rings. The van der Waals surface area contributed by atoms with Crippen LogP contribution in [0.25, 0.3) is 0 Å². The van der Waals surface area contributed by atoms with Crippen LogP contribution in [0.1, 0.15) is 12.5 Å². The number of rotatable bonds is 9. The molecule has 0 saturated heterocycles. The highest BCUT2D eigenvalue weighted by Crippen LogP contribution is 2.29. The number of sulfonamides is 1. The first kappa shape index (κ1) is 24.5. The maximum Gasteiger partial charge on any atom is 0.262 e. The summed E-state index contributed by atoms with van der Waals surface area (Å²) in [6.45, 7) is 3.67. The van der Waals surface area contributed by atoms with Crippen LogP contribution in [-0.4, -0.2) is 33.8 Å². The van der Waals surface area contributed by atoms with E-state index in [-0.39, 0.29) is 16.1 Å². The number of benzene rings is 3. The molecule has 0 aliphatic rings. The van der Waals surface area contributed by atoms with Crippen LogP contribution in [-0.2, 0) is 14.8 Å². The summed E-state index contributed by atoms with van der Waals surface area (Å²) in [4.78, 5) is 13.6. The molecule has 9 heteroatoms. The summed E-state index contributed by atoms with van der Waals surface area (Å²) < 4.78 is 38.5.